The lowest BCUT2D eigenvalue weighted by Gasteiger charge is -2.17. The first-order valence-electron chi connectivity index (χ1n) is 6.66. The number of benzene rings is 2. The third kappa shape index (κ3) is 5.10. The maximum Gasteiger partial charge on any atom is 0.0561 e. The van der Waals surface area contributed by atoms with E-state index in [1.165, 1.54) is 4.90 Å². The fourth-order valence-electron chi connectivity index (χ4n) is 1.67. The van der Waals surface area contributed by atoms with Crippen LogP contribution in [0, 0.1) is 0 Å². The lowest BCUT2D eigenvalue weighted by molar-refractivity contribution is 0.803. The molecule has 0 saturated carbocycles. The van der Waals surface area contributed by atoms with E-state index in [4.69, 9.17) is 0 Å². The average molecular weight is 284 g/mol. The normalized spacial score (nSPS) is 11.8. The molecule has 20 heavy (non-hydrogen) atoms. The van der Waals surface area contributed by atoms with Crippen molar-refractivity contribution in [1.82, 2.24) is 0 Å². The molecule has 0 aliphatic heterocycles. The van der Waals surface area contributed by atoms with Crippen LogP contribution in [0.25, 0.3) is 0 Å². The summed E-state index contributed by atoms with van der Waals surface area (Å²) in [7, 11) is 0. The Labute approximate surface area is 125 Å². The number of nitrogens with one attached hydrogen (secondary N) is 1. The van der Waals surface area contributed by atoms with Gasteiger partial charge in [0.2, 0.25) is 0 Å². The van der Waals surface area contributed by atoms with Gasteiger partial charge in [-0.15, -0.1) is 11.8 Å². The second-order valence-electron chi connectivity index (χ2n) is 5.52. The van der Waals surface area contributed by atoms with E-state index in [-0.39, 0.29) is 4.75 Å². The summed E-state index contributed by atoms with van der Waals surface area (Å²) in [5.41, 5.74) is 5.09. The predicted molar refractivity (Wildman–Crippen MR) is 89.7 cm³/mol. The van der Waals surface area contributed by atoms with Crippen LogP contribution in [0.2, 0.25) is 0 Å². The van der Waals surface area contributed by atoms with Crippen LogP contribution in [-0.4, -0.2) is 11.0 Å². The van der Waals surface area contributed by atoms with Gasteiger partial charge in [-0.2, -0.15) is 5.10 Å². The molecule has 2 rings (SSSR count). The number of nitrogens with zero attached hydrogens (tertiary/aromatic N) is 1. The van der Waals surface area contributed by atoms with Crippen LogP contribution in [0.3, 0.4) is 0 Å². The Balaban J connectivity index is 1.94. The van der Waals surface area contributed by atoms with E-state index in [0.29, 0.717) is 0 Å². The number of para-hydroxylation sites is 1. The molecule has 0 bridgehead atoms. The molecule has 0 unspecified atom stereocenters. The topological polar surface area (TPSA) is 24.4 Å². The Morgan fingerprint density at radius 3 is 2.20 bits per heavy atom. The number of thioether (sulfide) groups is 1. The van der Waals surface area contributed by atoms with E-state index in [0.717, 1.165) is 11.3 Å². The van der Waals surface area contributed by atoms with Gasteiger partial charge in [-0.25, -0.2) is 0 Å². The maximum atomic E-state index is 4.23. The molecule has 2 aromatic rings. The fraction of sp³-hybridized carbons (Fsp3) is 0.235. The lowest BCUT2D eigenvalue weighted by Crippen LogP contribution is -2.06. The molecule has 0 aliphatic rings. The largest absolute Gasteiger partial charge is 0.279 e. The van der Waals surface area contributed by atoms with Gasteiger partial charge >= 0.3 is 0 Å². The summed E-state index contributed by atoms with van der Waals surface area (Å²) >= 11 is 1.87. The second kappa shape index (κ2) is 6.62. The quantitative estimate of drug-likeness (QED) is 0.484. The molecule has 0 amide bonds. The monoisotopic (exact) mass is 284 g/mol. The molecule has 1 N–H and O–H groups in total. The molecule has 0 atom stereocenters. The van der Waals surface area contributed by atoms with Crippen molar-refractivity contribution in [3.8, 4) is 0 Å². The summed E-state index contributed by atoms with van der Waals surface area (Å²) in [5.74, 6) is 0. The van der Waals surface area contributed by atoms with E-state index in [2.05, 4.69) is 55.6 Å². The van der Waals surface area contributed by atoms with Crippen molar-refractivity contribution in [2.24, 2.45) is 5.10 Å². The molecule has 3 heteroatoms. The highest BCUT2D eigenvalue weighted by molar-refractivity contribution is 8.00. The molecule has 0 heterocycles. The van der Waals surface area contributed by atoms with Crippen molar-refractivity contribution >= 4 is 23.7 Å². The molecule has 0 fully saturated rings. The van der Waals surface area contributed by atoms with Crippen LogP contribution in [0.15, 0.2) is 64.6 Å². The molecule has 2 aromatic carbocycles. The van der Waals surface area contributed by atoms with E-state index in [1.54, 1.807) is 0 Å². The first-order chi connectivity index (χ1) is 9.53. The summed E-state index contributed by atoms with van der Waals surface area (Å²) < 4.78 is 0.241. The van der Waals surface area contributed by atoms with Gasteiger partial charge in [0.25, 0.3) is 0 Å². The van der Waals surface area contributed by atoms with Gasteiger partial charge in [-0.05, 0) is 29.8 Å². The van der Waals surface area contributed by atoms with E-state index in [1.807, 2.05) is 48.3 Å². The second-order valence-corrected chi connectivity index (χ2v) is 7.42. The Morgan fingerprint density at radius 1 is 0.950 bits per heavy atom. The highest BCUT2D eigenvalue weighted by Crippen LogP contribution is 2.31. The van der Waals surface area contributed by atoms with Gasteiger partial charge in [-0.1, -0.05) is 51.1 Å². The van der Waals surface area contributed by atoms with Crippen molar-refractivity contribution in [3.05, 3.63) is 60.2 Å². The first-order valence-corrected chi connectivity index (χ1v) is 7.48. The molecule has 0 aromatic heterocycles. The molecule has 0 radical (unpaired) electrons. The van der Waals surface area contributed by atoms with Crippen LogP contribution in [0.4, 0.5) is 5.69 Å². The smallest absolute Gasteiger partial charge is 0.0561 e. The van der Waals surface area contributed by atoms with E-state index >= 15 is 0 Å². The van der Waals surface area contributed by atoms with Crippen LogP contribution in [-0.2, 0) is 0 Å². The minimum atomic E-state index is 0.241. The fourth-order valence-corrected chi connectivity index (χ4v) is 2.65. The van der Waals surface area contributed by atoms with Crippen molar-refractivity contribution in [2.75, 3.05) is 5.43 Å². The zero-order valence-corrected chi connectivity index (χ0v) is 12.9. The van der Waals surface area contributed by atoms with Gasteiger partial charge in [0.05, 0.1) is 11.9 Å². The van der Waals surface area contributed by atoms with E-state index < -0.39 is 0 Å². The van der Waals surface area contributed by atoms with Crippen molar-refractivity contribution < 1.29 is 0 Å². The molecular weight excluding hydrogens is 264 g/mol. The number of hydrazone groups is 1. The Kier molecular flexibility index (Phi) is 4.85. The van der Waals surface area contributed by atoms with Gasteiger partial charge in [-0.3, -0.25) is 5.43 Å². The summed E-state index contributed by atoms with van der Waals surface area (Å²) in [5, 5.41) is 4.23. The van der Waals surface area contributed by atoms with Crippen LogP contribution in [0.5, 0.6) is 0 Å². The molecule has 2 nitrogen and oxygen atoms in total. The number of rotatable bonds is 4. The van der Waals surface area contributed by atoms with Crippen molar-refractivity contribution in [3.63, 3.8) is 0 Å². The zero-order chi connectivity index (χ0) is 14.4. The summed E-state index contributed by atoms with van der Waals surface area (Å²) in [6.07, 6.45) is 1.83. The van der Waals surface area contributed by atoms with Gasteiger partial charge < -0.3 is 0 Å². The summed E-state index contributed by atoms with van der Waals surface area (Å²) in [4.78, 5) is 1.28. The third-order valence-electron chi connectivity index (χ3n) is 2.49. The maximum absolute atomic E-state index is 4.23. The van der Waals surface area contributed by atoms with Crippen LogP contribution < -0.4 is 5.43 Å². The third-order valence-corrected chi connectivity index (χ3v) is 3.61. The molecule has 0 aliphatic carbocycles. The standard InChI is InChI=1S/C17H20N2S/c1-17(2,3)20-16-11-9-14(10-12-16)13-18-19-15-7-5-4-6-8-15/h4-13,19H,1-3H3. The Hall–Kier alpha value is -1.74. The van der Waals surface area contributed by atoms with Gasteiger partial charge in [0, 0.05) is 9.64 Å². The SMILES string of the molecule is CC(C)(C)Sc1ccc(C=NNc2ccccc2)cc1. The van der Waals surface area contributed by atoms with Gasteiger partial charge in [0.1, 0.15) is 0 Å². The highest BCUT2D eigenvalue weighted by Gasteiger charge is 2.11. The molecule has 104 valence electrons. The summed E-state index contributed by atoms with van der Waals surface area (Å²) in [6.45, 7) is 6.66. The van der Waals surface area contributed by atoms with Crippen molar-refractivity contribution in [1.29, 1.82) is 0 Å². The number of hydrogen-bond donors (Lipinski definition) is 1. The molecule has 0 spiro atoms. The van der Waals surface area contributed by atoms with E-state index in [9.17, 15) is 0 Å². The van der Waals surface area contributed by atoms with Crippen LogP contribution in [0.1, 0.15) is 26.3 Å². The Morgan fingerprint density at radius 2 is 1.60 bits per heavy atom. The van der Waals surface area contributed by atoms with Crippen molar-refractivity contribution in [2.45, 2.75) is 30.4 Å². The zero-order valence-electron chi connectivity index (χ0n) is 12.1. The minimum Gasteiger partial charge on any atom is -0.279 e. The number of hydrogen-bond acceptors (Lipinski definition) is 3. The molecule has 0 saturated heterocycles. The summed E-state index contributed by atoms with van der Waals surface area (Å²) in [6, 6.07) is 18.4. The van der Waals surface area contributed by atoms with Gasteiger partial charge in [0.15, 0.2) is 0 Å². The number of anilines is 1. The minimum absolute atomic E-state index is 0.241. The highest BCUT2D eigenvalue weighted by atomic mass is 32.2. The molecular formula is C17H20N2S. The average Bonchev–Trinajstić information content (AvgIpc) is 2.40. The Bertz CT molecular complexity index is 554. The first kappa shape index (κ1) is 14.7. The lowest BCUT2D eigenvalue weighted by atomic mass is 10.2. The predicted octanol–water partition coefficient (Wildman–Crippen LogP) is 5.02. The van der Waals surface area contributed by atoms with Crippen LogP contribution >= 0.6 is 11.8 Å².